The summed E-state index contributed by atoms with van der Waals surface area (Å²) in [6, 6.07) is 0.779. The average molecular weight is 239 g/mol. The zero-order valence-corrected chi connectivity index (χ0v) is 12.5. The van der Waals surface area contributed by atoms with Crippen LogP contribution in [0.15, 0.2) is 0 Å². The number of hydrogen-bond acceptors (Lipinski definition) is 1. The smallest absolute Gasteiger partial charge is 0.00924 e. The number of nitrogens with one attached hydrogen (secondary N) is 1. The van der Waals surface area contributed by atoms with Crippen molar-refractivity contribution in [1.82, 2.24) is 5.32 Å². The molecule has 0 aliphatic heterocycles. The molecule has 4 atom stereocenters. The van der Waals surface area contributed by atoms with E-state index in [9.17, 15) is 0 Å². The Bertz CT molecular complexity index is 190. The van der Waals surface area contributed by atoms with Crippen LogP contribution in [0.1, 0.15) is 72.1 Å². The summed E-state index contributed by atoms with van der Waals surface area (Å²) >= 11 is 0. The summed E-state index contributed by atoms with van der Waals surface area (Å²) in [5, 5.41) is 3.58. The second kappa shape index (κ2) is 8.13. The predicted octanol–water partition coefficient (Wildman–Crippen LogP) is 4.62. The Kier molecular flexibility index (Phi) is 7.18. The molecule has 1 N–H and O–H groups in total. The molecule has 0 saturated heterocycles. The molecule has 0 aromatic carbocycles. The molecule has 0 heterocycles. The Morgan fingerprint density at radius 1 is 1.06 bits per heavy atom. The van der Waals surface area contributed by atoms with Crippen molar-refractivity contribution in [2.45, 2.75) is 78.2 Å². The van der Waals surface area contributed by atoms with Gasteiger partial charge >= 0.3 is 0 Å². The van der Waals surface area contributed by atoms with Crippen LogP contribution in [0.25, 0.3) is 0 Å². The van der Waals surface area contributed by atoms with Gasteiger partial charge in [-0.2, -0.15) is 0 Å². The van der Waals surface area contributed by atoms with Crippen LogP contribution < -0.4 is 5.32 Å². The van der Waals surface area contributed by atoms with Crippen molar-refractivity contribution in [2.24, 2.45) is 17.8 Å². The SMILES string of the molecule is CCCCCCC(NC)C1CCC(C)C(C)C1. The standard InChI is InChI=1S/C16H33N/c1-5-6-7-8-9-16(17-4)15-11-10-13(2)14(3)12-15/h13-17H,5-12H2,1-4H3. The summed E-state index contributed by atoms with van der Waals surface area (Å²) in [6.45, 7) is 7.16. The molecule has 1 aliphatic carbocycles. The van der Waals surface area contributed by atoms with E-state index in [1.807, 2.05) is 0 Å². The largest absolute Gasteiger partial charge is 0.317 e. The van der Waals surface area contributed by atoms with Gasteiger partial charge in [0.2, 0.25) is 0 Å². The molecule has 1 aliphatic rings. The fourth-order valence-corrected chi connectivity index (χ4v) is 3.36. The zero-order chi connectivity index (χ0) is 12.7. The highest BCUT2D eigenvalue weighted by atomic mass is 14.9. The lowest BCUT2D eigenvalue weighted by atomic mass is 9.72. The van der Waals surface area contributed by atoms with Crippen LogP contribution in [-0.2, 0) is 0 Å². The summed E-state index contributed by atoms with van der Waals surface area (Å²) in [5.41, 5.74) is 0. The van der Waals surface area contributed by atoms with E-state index < -0.39 is 0 Å². The van der Waals surface area contributed by atoms with Gasteiger partial charge in [0.1, 0.15) is 0 Å². The van der Waals surface area contributed by atoms with Crippen LogP contribution in [-0.4, -0.2) is 13.1 Å². The Labute approximate surface area is 109 Å². The van der Waals surface area contributed by atoms with E-state index >= 15 is 0 Å². The lowest BCUT2D eigenvalue weighted by Crippen LogP contribution is -2.37. The number of hydrogen-bond donors (Lipinski definition) is 1. The van der Waals surface area contributed by atoms with Crippen molar-refractivity contribution in [2.75, 3.05) is 7.05 Å². The predicted molar refractivity (Wildman–Crippen MR) is 77.3 cm³/mol. The third-order valence-electron chi connectivity index (χ3n) is 4.95. The van der Waals surface area contributed by atoms with Crippen LogP contribution >= 0.6 is 0 Å². The van der Waals surface area contributed by atoms with E-state index in [2.05, 4.69) is 33.1 Å². The van der Waals surface area contributed by atoms with E-state index in [1.54, 1.807) is 0 Å². The molecule has 0 aromatic heterocycles. The Balaban J connectivity index is 2.29. The highest BCUT2D eigenvalue weighted by Gasteiger charge is 2.28. The van der Waals surface area contributed by atoms with E-state index in [0.717, 1.165) is 23.8 Å². The third kappa shape index (κ3) is 4.99. The molecule has 0 bridgehead atoms. The Morgan fingerprint density at radius 2 is 1.82 bits per heavy atom. The van der Waals surface area contributed by atoms with Crippen molar-refractivity contribution >= 4 is 0 Å². The first-order valence-electron chi connectivity index (χ1n) is 7.86. The topological polar surface area (TPSA) is 12.0 Å². The second-order valence-electron chi connectivity index (χ2n) is 6.27. The highest BCUT2D eigenvalue weighted by molar-refractivity contribution is 4.83. The van der Waals surface area contributed by atoms with Crippen LogP contribution in [0.3, 0.4) is 0 Å². The molecule has 1 rings (SSSR count). The fourth-order valence-electron chi connectivity index (χ4n) is 3.36. The number of unbranched alkanes of at least 4 members (excludes halogenated alkanes) is 3. The van der Waals surface area contributed by atoms with Gasteiger partial charge in [-0.05, 0) is 44.1 Å². The van der Waals surface area contributed by atoms with Crippen molar-refractivity contribution in [3.05, 3.63) is 0 Å². The van der Waals surface area contributed by atoms with Gasteiger partial charge in [0.15, 0.2) is 0 Å². The van der Waals surface area contributed by atoms with E-state index in [1.165, 1.54) is 51.4 Å². The maximum atomic E-state index is 3.58. The van der Waals surface area contributed by atoms with Crippen LogP contribution in [0.2, 0.25) is 0 Å². The quantitative estimate of drug-likeness (QED) is 0.639. The molecule has 0 radical (unpaired) electrons. The highest BCUT2D eigenvalue weighted by Crippen LogP contribution is 2.36. The van der Waals surface area contributed by atoms with Gasteiger partial charge in [-0.15, -0.1) is 0 Å². The van der Waals surface area contributed by atoms with Gasteiger partial charge in [0.25, 0.3) is 0 Å². The molecular formula is C16H33N. The zero-order valence-electron chi connectivity index (χ0n) is 12.5. The molecule has 0 amide bonds. The van der Waals surface area contributed by atoms with Gasteiger partial charge in [-0.3, -0.25) is 0 Å². The third-order valence-corrected chi connectivity index (χ3v) is 4.95. The molecule has 4 unspecified atom stereocenters. The molecule has 1 fully saturated rings. The van der Waals surface area contributed by atoms with E-state index in [-0.39, 0.29) is 0 Å². The van der Waals surface area contributed by atoms with Crippen molar-refractivity contribution in [1.29, 1.82) is 0 Å². The van der Waals surface area contributed by atoms with Gasteiger partial charge < -0.3 is 5.32 Å². The Hall–Kier alpha value is -0.0400. The first kappa shape index (κ1) is 15.0. The molecule has 1 nitrogen and oxygen atoms in total. The summed E-state index contributed by atoms with van der Waals surface area (Å²) in [6.07, 6.45) is 11.3. The second-order valence-corrected chi connectivity index (χ2v) is 6.27. The molecular weight excluding hydrogens is 206 g/mol. The van der Waals surface area contributed by atoms with Crippen LogP contribution in [0.4, 0.5) is 0 Å². The van der Waals surface area contributed by atoms with Crippen molar-refractivity contribution < 1.29 is 0 Å². The molecule has 1 heteroatoms. The van der Waals surface area contributed by atoms with E-state index in [4.69, 9.17) is 0 Å². The van der Waals surface area contributed by atoms with Gasteiger partial charge in [0.05, 0.1) is 0 Å². The lowest BCUT2D eigenvalue weighted by molar-refractivity contribution is 0.168. The molecule has 0 aromatic rings. The normalized spacial score (nSPS) is 31.4. The monoisotopic (exact) mass is 239 g/mol. The minimum Gasteiger partial charge on any atom is -0.317 e. The summed E-state index contributed by atoms with van der Waals surface area (Å²) in [7, 11) is 2.16. The summed E-state index contributed by atoms with van der Waals surface area (Å²) in [5.74, 6) is 2.82. The summed E-state index contributed by atoms with van der Waals surface area (Å²) in [4.78, 5) is 0. The average Bonchev–Trinajstić information content (AvgIpc) is 2.33. The molecule has 102 valence electrons. The Morgan fingerprint density at radius 3 is 2.41 bits per heavy atom. The summed E-state index contributed by atoms with van der Waals surface area (Å²) < 4.78 is 0. The van der Waals surface area contributed by atoms with Crippen molar-refractivity contribution in [3.63, 3.8) is 0 Å². The van der Waals surface area contributed by atoms with Crippen LogP contribution in [0.5, 0.6) is 0 Å². The first-order valence-corrected chi connectivity index (χ1v) is 7.86. The minimum atomic E-state index is 0.779. The van der Waals surface area contributed by atoms with Gasteiger partial charge in [0, 0.05) is 6.04 Å². The maximum absolute atomic E-state index is 3.58. The van der Waals surface area contributed by atoms with Gasteiger partial charge in [-0.25, -0.2) is 0 Å². The maximum Gasteiger partial charge on any atom is 0.00924 e. The lowest BCUT2D eigenvalue weighted by Gasteiger charge is -2.36. The molecule has 17 heavy (non-hydrogen) atoms. The van der Waals surface area contributed by atoms with Crippen molar-refractivity contribution in [3.8, 4) is 0 Å². The fraction of sp³-hybridized carbons (Fsp3) is 1.00. The minimum absolute atomic E-state index is 0.779. The molecule has 1 saturated carbocycles. The van der Waals surface area contributed by atoms with E-state index in [0.29, 0.717) is 0 Å². The molecule has 0 spiro atoms. The van der Waals surface area contributed by atoms with Gasteiger partial charge in [-0.1, -0.05) is 52.9 Å². The first-order chi connectivity index (χ1) is 8.19. The number of rotatable bonds is 7. The van der Waals surface area contributed by atoms with Crippen LogP contribution in [0, 0.1) is 17.8 Å².